The molecule has 128 valence electrons. The predicted octanol–water partition coefficient (Wildman–Crippen LogP) is 4.50. The lowest BCUT2D eigenvalue weighted by atomic mass is 9.65. The molecule has 7 atom stereocenters. The fraction of sp³-hybridized carbons (Fsp3) is 0.833. The molecule has 7 unspecified atom stereocenters. The van der Waals surface area contributed by atoms with Crippen molar-refractivity contribution < 1.29 is 22.7 Å². The Morgan fingerprint density at radius 1 is 1.17 bits per heavy atom. The molecule has 0 N–H and O–H groups in total. The maximum atomic E-state index is 12.7. The summed E-state index contributed by atoms with van der Waals surface area (Å²) in [6.07, 6.45) is 1.52. The number of ether oxygens (including phenoxy) is 1. The molecule has 2 nitrogen and oxygen atoms in total. The average Bonchev–Trinajstić information content (AvgIpc) is 3.22. The number of carbonyl (C=O) groups excluding carboxylic acids is 1. The largest absolute Gasteiger partial charge is 0.455 e. The quantitative estimate of drug-likeness (QED) is 0.433. The molecule has 0 amide bonds. The third-order valence-electron chi connectivity index (χ3n) is 7.38. The number of carbonyl (C=O) groups is 1. The van der Waals surface area contributed by atoms with E-state index in [0.29, 0.717) is 24.2 Å². The third kappa shape index (κ3) is 2.04. The van der Waals surface area contributed by atoms with Crippen molar-refractivity contribution in [1.82, 2.24) is 0 Å². The fourth-order valence-corrected chi connectivity index (χ4v) is 6.65. The highest BCUT2D eigenvalue weighted by Gasteiger charge is 2.68. The molecule has 23 heavy (non-hydrogen) atoms. The summed E-state index contributed by atoms with van der Waals surface area (Å²) in [5.41, 5.74) is -2.07. The molecule has 5 heteroatoms. The molecule has 0 heterocycles. The van der Waals surface area contributed by atoms with E-state index in [0.717, 1.165) is 24.7 Å². The molecular weight excluding hydrogens is 305 g/mol. The van der Waals surface area contributed by atoms with Gasteiger partial charge in [-0.3, -0.25) is 0 Å². The maximum Gasteiger partial charge on any atom is 0.422 e. The smallest absolute Gasteiger partial charge is 0.422 e. The molecule has 4 bridgehead atoms. The number of halogens is 3. The summed E-state index contributed by atoms with van der Waals surface area (Å²) in [5.74, 6) is 2.34. The zero-order valence-electron chi connectivity index (χ0n) is 13.4. The van der Waals surface area contributed by atoms with E-state index in [4.69, 9.17) is 4.74 Å². The third-order valence-corrected chi connectivity index (χ3v) is 7.38. The van der Waals surface area contributed by atoms with Crippen LogP contribution in [0.5, 0.6) is 0 Å². The molecule has 0 spiro atoms. The summed E-state index contributed by atoms with van der Waals surface area (Å²) in [4.78, 5) is 12.0. The lowest BCUT2D eigenvalue weighted by molar-refractivity contribution is -0.176. The Morgan fingerprint density at radius 2 is 1.83 bits per heavy atom. The Labute approximate surface area is 134 Å². The van der Waals surface area contributed by atoms with Crippen molar-refractivity contribution in [2.24, 2.45) is 35.5 Å². The van der Waals surface area contributed by atoms with E-state index in [1.165, 1.54) is 19.3 Å². The topological polar surface area (TPSA) is 26.3 Å². The summed E-state index contributed by atoms with van der Waals surface area (Å²) in [7, 11) is 0. The van der Waals surface area contributed by atoms with E-state index < -0.39 is 23.3 Å². The Balaban J connectivity index is 1.56. The van der Waals surface area contributed by atoms with Crippen molar-refractivity contribution in [2.75, 3.05) is 0 Å². The number of rotatable bonds is 3. The second-order valence-corrected chi connectivity index (χ2v) is 8.08. The van der Waals surface area contributed by atoms with Crippen molar-refractivity contribution in [2.45, 2.75) is 57.2 Å². The van der Waals surface area contributed by atoms with E-state index in [1.54, 1.807) is 0 Å². The van der Waals surface area contributed by atoms with E-state index in [9.17, 15) is 18.0 Å². The number of alkyl halides is 3. The summed E-state index contributed by atoms with van der Waals surface area (Å²) < 4.78 is 43.7. The van der Waals surface area contributed by atoms with Crippen LogP contribution in [0, 0.1) is 35.5 Å². The molecule has 0 radical (unpaired) electrons. The minimum atomic E-state index is -4.71. The number of fused-ring (bicyclic) bond motifs is 9. The second-order valence-electron chi connectivity index (χ2n) is 8.08. The number of esters is 1. The number of hydrogen-bond acceptors (Lipinski definition) is 2. The first kappa shape index (κ1) is 15.5. The molecule has 0 aromatic rings. The van der Waals surface area contributed by atoms with Crippen LogP contribution < -0.4 is 0 Å². The monoisotopic (exact) mass is 328 g/mol. The van der Waals surface area contributed by atoms with Gasteiger partial charge in [-0.05, 0) is 68.1 Å². The molecule has 4 aliphatic carbocycles. The predicted molar refractivity (Wildman–Crippen MR) is 78.3 cm³/mol. The molecule has 4 aliphatic rings. The average molecular weight is 328 g/mol. The minimum Gasteiger partial charge on any atom is -0.455 e. The van der Waals surface area contributed by atoms with Gasteiger partial charge in [0.1, 0.15) is 11.2 Å². The van der Waals surface area contributed by atoms with E-state index in [-0.39, 0.29) is 5.92 Å². The summed E-state index contributed by atoms with van der Waals surface area (Å²) in [6, 6.07) is 0. The van der Waals surface area contributed by atoms with Crippen LogP contribution in [-0.2, 0) is 9.53 Å². The zero-order chi connectivity index (χ0) is 16.6. The van der Waals surface area contributed by atoms with Crippen LogP contribution in [0.2, 0.25) is 0 Å². The Kier molecular flexibility index (Phi) is 3.21. The molecule has 0 aliphatic heterocycles. The Hall–Kier alpha value is -1.00. The minimum absolute atomic E-state index is 0.253. The highest BCUT2D eigenvalue weighted by molar-refractivity contribution is 5.89. The molecule has 0 aromatic heterocycles. The van der Waals surface area contributed by atoms with E-state index in [2.05, 4.69) is 6.58 Å². The van der Waals surface area contributed by atoms with E-state index >= 15 is 0 Å². The van der Waals surface area contributed by atoms with Gasteiger partial charge in [0, 0.05) is 5.92 Å². The van der Waals surface area contributed by atoms with Crippen LogP contribution in [0.15, 0.2) is 12.2 Å². The first-order valence-electron chi connectivity index (χ1n) is 8.76. The van der Waals surface area contributed by atoms with Gasteiger partial charge in [0.2, 0.25) is 0 Å². The SMILES string of the molecule is C=C(C(=O)OC1(CC)CC2CC1C1C3CCC(C3)C21)C(F)(F)F. The first-order chi connectivity index (χ1) is 10.8. The molecular formula is C18H23F3O2. The van der Waals surface area contributed by atoms with Crippen molar-refractivity contribution >= 4 is 5.97 Å². The Morgan fingerprint density at radius 3 is 2.43 bits per heavy atom. The van der Waals surface area contributed by atoms with Gasteiger partial charge in [0.25, 0.3) is 0 Å². The van der Waals surface area contributed by atoms with Crippen LogP contribution in [0.25, 0.3) is 0 Å². The molecule has 4 rings (SSSR count). The summed E-state index contributed by atoms with van der Waals surface area (Å²) >= 11 is 0. The fourth-order valence-electron chi connectivity index (χ4n) is 6.65. The Bertz CT molecular complexity index is 555. The lowest BCUT2D eigenvalue weighted by Crippen LogP contribution is -2.48. The van der Waals surface area contributed by atoms with Gasteiger partial charge in [-0.2, -0.15) is 13.2 Å². The van der Waals surface area contributed by atoms with Crippen molar-refractivity contribution in [3.8, 4) is 0 Å². The maximum absolute atomic E-state index is 12.7. The lowest BCUT2D eigenvalue weighted by Gasteiger charge is -2.45. The van der Waals surface area contributed by atoms with Crippen LogP contribution >= 0.6 is 0 Å². The van der Waals surface area contributed by atoms with Gasteiger partial charge in [-0.25, -0.2) is 4.79 Å². The highest BCUT2D eigenvalue weighted by Crippen LogP contribution is 2.70. The standard InChI is InChI=1S/C18H23F3O2/c1-3-17(23-16(22)9(2)18(19,20)21)8-12-7-13(17)15-11-5-4-10(6-11)14(12)15/h10-15H,2-8H2,1H3. The van der Waals surface area contributed by atoms with Gasteiger partial charge >= 0.3 is 12.1 Å². The zero-order valence-corrected chi connectivity index (χ0v) is 13.4. The van der Waals surface area contributed by atoms with Crippen molar-refractivity contribution in [3.05, 3.63) is 12.2 Å². The molecule has 4 saturated carbocycles. The van der Waals surface area contributed by atoms with Crippen LogP contribution in [0.4, 0.5) is 13.2 Å². The van der Waals surface area contributed by atoms with Gasteiger partial charge in [-0.15, -0.1) is 0 Å². The van der Waals surface area contributed by atoms with Gasteiger partial charge in [-0.1, -0.05) is 13.5 Å². The molecule has 4 fully saturated rings. The second kappa shape index (κ2) is 4.76. The van der Waals surface area contributed by atoms with Gasteiger partial charge < -0.3 is 4.74 Å². The van der Waals surface area contributed by atoms with Crippen LogP contribution in [0.1, 0.15) is 45.4 Å². The number of hydrogen-bond donors (Lipinski definition) is 0. The van der Waals surface area contributed by atoms with Crippen LogP contribution in [0.3, 0.4) is 0 Å². The van der Waals surface area contributed by atoms with Crippen LogP contribution in [-0.4, -0.2) is 17.7 Å². The highest BCUT2D eigenvalue weighted by atomic mass is 19.4. The van der Waals surface area contributed by atoms with Gasteiger partial charge in [0.15, 0.2) is 0 Å². The van der Waals surface area contributed by atoms with Crippen molar-refractivity contribution in [1.29, 1.82) is 0 Å². The van der Waals surface area contributed by atoms with Gasteiger partial charge in [0.05, 0.1) is 0 Å². The normalized spacial score (nSPS) is 47.0. The van der Waals surface area contributed by atoms with E-state index in [1.807, 2.05) is 6.92 Å². The molecule has 0 aromatic carbocycles. The molecule has 0 saturated heterocycles. The summed E-state index contributed by atoms with van der Waals surface area (Å²) in [5, 5.41) is 0. The first-order valence-corrected chi connectivity index (χ1v) is 8.76. The van der Waals surface area contributed by atoms with Crippen molar-refractivity contribution in [3.63, 3.8) is 0 Å². The summed E-state index contributed by atoms with van der Waals surface area (Å²) in [6.45, 7) is 4.84.